The summed E-state index contributed by atoms with van der Waals surface area (Å²) in [5.41, 5.74) is 0. The second-order valence-electron chi connectivity index (χ2n) is 1.08. The molecule has 0 aromatic heterocycles. The molecular formula is C5H6N2+. The molecule has 1 rings (SSSR count). The normalized spacial score (nSPS) is 16.0. The minimum Gasteiger partial charge on any atom is -0.359 e. The number of hydrogen-bond acceptors (Lipinski definition) is 2. The van der Waals surface area contributed by atoms with Gasteiger partial charge in [0.2, 0.25) is 0 Å². The van der Waals surface area contributed by atoms with Gasteiger partial charge in [-0.15, -0.1) is 0 Å². The summed E-state index contributed by atoms with van der Waals surface area (Å²) in [5.74, 6) is 0. The number of allylic oxidation sites excluding steroid dienone is 1. The molecule has 0 aromatic carbocycles. The van der Waals surface area contributed by atoms with Gasteiger partial charge < -0.3 is 5.32 Å². The van der Waals surface area contributed by atoms with E-state index in [-0.39, 0.29) is 1.43 Å². The van der Waals surface area contributed by atoms with Crippen LogP contribution >= 0.6 is 0 Å². The van der Waals surface area contributed by atoms with Crippen molar-refractivity contribution in [3.05, 3.63) is 24.7 Å². The molecule has 0 amide bonds. The van der Waals surface area contributed by atoms with E-state index in [9.17, 15) is 0 Å². The molecule has 0 atom stereocenters. The molecule has 0 saturated heterocycles. The summed E-state index contributed by atoms with van der Waals surface area (Å²) in [6.07, 6.45) is 9.50. The maximum absolute atomic E-state index is 3.76. The third-order valence-electron chi connectivity index (χ3n) is 0.574. The second kappa shape index (κ2) is 2.18. The van der Waals surface area contributed by atoms with Crippen LogP contribution in [0.1, 0.15) is 1.43 Å². The molecule has 1 heterocycles. The van der Waals surface area contributed by atoms with Crippen molar-refractivity contribution in [2.75, 3.05) is 0 Å². The minimum absolute atomic E-state index is 0. The minimum atomic E-state index is 0. The fourth-order valence-corrected chi connectivity index (χ4v) is 0.307. The van der Waals surface area contributed by atoms with Gasteiger partial charge in [-0.1, -0.05) is 0 Å². The summed E-state index contributed by atoms with van der Waals surface area (Å²) >= 11 is 0. The van der Waals surface area contributed by atoms with Crippen molar-refractivity contribution < 1.29 is 1.43 Å². The molecule has 1 radical (unpaired) electrons. The molecule has 0 fully saturated rings. The van der Waals surface area contributed by atoms with Gasteiger partial charge in [-0.05, 0) is 6.08 Å². The Balaban J connectivity index is 0.000000490. The van der Waals surface area contributed by atoms with E-state index in [0.717, 1.165) is 0 Å². The summed E-state index contributed by atoms with van der Waals surface area (Å²) in [7, 11) is 0. The first-order valence-corrected chi connectivity index (χ1v) is 2.01. The topological polar surface area (TPSA) is 24.4 Å². The van der Waals surface area contributed by atoms with Crippen LogP contribution in [-0.4, -0.2) is 6.21 Å². The lowest BCUT2D eigenvalue weighted by Crippen LogP contribution is -1.89. The Labute approximate surface area is 43.7 Å². The zero-order chi connectivity index (χ0) is 4.95. The van der Waals surface area contributed by atoms with Crippen molar-refractivity contribution >= 4 is 6.21 Å². The Morgan fingerprint density at radius 1 is 1.71 bits per heavy atom. The number of rotatable bonds is 0. The largest absolute Gasteiger partial charge is 1.00 e. The van der Waals surface area contributed by atoms with E-state index < -0.39 is 0 Å². The van der Waals surface area contributed by atoms with Gasteiger partial charge in [0.1, 0.15) is 0 Å². The summed E-state index contributed by atoms with van der Waals surface area (Å²) in [5, 5.41) is 2.74. The predicted octanol–water partition coefficient (Wildman–Crippen LogP) is 0.561. The maximum atomic E-state index is 3.76. The van der Waals surface area contributed by atoms with Crippen molar-refractivity contribution in [2.24, 2.45) is 4.99 Å². The summed E-state index contributed by atoms with van der Waals surface area (Å²) in [6.45, 7) is 0. The van der Waals surface area contributed by atoms with E-state index >= 15 is 0 Å². The number of hydrogen-bond donors (Lipinski definition) is 1. The first kappa shape index (κ1) is 4.12. The fraction of sp³-hybridized carbons (Fsp3) is 0. The maximum Gasteiger partial charge on any atom is 1.00 e. The molecule has 0 saturated carbocycles. The Kier molecular flexibility index (Phi) is 1.28. The Morgan fingerprint density at radius 3 is 3.71 bits per heavy atom. The number of nitrogens with zero attached hydrogens (tertiary/aromatic N) is 1. The highest BCUT2D eigenvalue weighted by Crippen LogP contribution is 1.74. The van der Waals surface area contributed by atoms with Gasteiger partial charge in [-0.3, -0.25) is 4.99 Å². The van der Waals surface area contributed by atoms with E-state index in [1.54, 1.807) is 24.7 Å². The average molecular weight is 94.1 g/mol. The zero-order valence-electron chi connectivity index (χ0n) is 4.76. The van der Waals surface area contributed by atoms with Crippen molar-refractivity contribution in [2.45, 2.75) is 0 Å². The third kappa shape index (κ3) is 1.22. The Bertz CT molecular complexity index is 112. The van der Waals surface area contributed by atoms with Crippen LogP contribution < -0.4 is 5.32 Å². The molecule has 1 aliphatic rings. The van der Waals surface area contributed by atoms with Crippen molar-refractivity contribution in [3.8, 4) is 0 Å². The third-order valence-corrected chi connectivity index (χ3v) is 0.574. The standard InChI is InChI=1S/C5H5N2/c1-2-6-4-5-7-3-1/h1-4,7H/p+1. The molecule has 0 aromatic rings. The van der Waals surface area contributed by atoms with Gasteiger partial charge in [-0.2, -0.15) is 0 Å². The quantitative estimate of drug-likeness (QED) is 0.466. The molecule has 0 spiro atoms. The molecule has 0 bridgehead atoms. The van der Waals surface area contributed by atoms with Gasteiger partial charge in [0.25, 0.3) is 0 Å². The van der Waals surface area contributed by atoms with Crippen molar-refractivity contribution in [1.29, 1.82) is 0 Å². The van der Waals surface area contributed by atoms with E-state index in [1.165, 1.54) is 0 Å². The van der Waals surface area contributed by atoms with E-state index in [2.05, 4.69) is 16.5 Å². The van der Waals surface area contributed by atoms with E-state index in [1.807, 2.05) is 0 Å². The lowest BCUT2D eigenvalue weighted by atomic mass is 10.7. The van der Waals surface area contributed by atoms with Gasteiger partial charge in [0.05, 0.1) is 12.4 Å². The first-order chi connectivity index (χ1) is 3.50. The molecule has 1 aliphatic heterocycles. The van der Waals surface area contributed by atoms with Crippen molar-refractivity contribution in [1.82, 2.24) is 5.32 Å². The summed E-state index contributed by atoms with van der Waals surface area (Å²) in [4.78, 5) is 3.76. The van der Waals surface area contributed by atoms with Gasteiger partial charge in [0.15, 0.2) is 0 Å². The van der Waals surface area contributed by atoms with Gasteiger partial charge in [0, 0.05) is 12.4 Å². The predicted molar refractivity (Wildman–Crippen MR) is 29.7 cm³/mol. The Hall–Kier alpha value is -1.05. The lowest BCUT2D eigenvalue weighted by Gasteiger charge is -1.76. The van der Waals surface area contributed by atoms with E-state index in [0.29, 0.717) is 0 Å². The molecule has 7 heavy (non-hydrogen) atoms. The SMILES string of the molecule is [C]1=CN=CC=CN1.[H+]. The molecule has 2 nitrogen and oxygen atoms in total. The summed E-state index contributed by atoms with van der Waals surface area (Å²) in [6, 6.07) is 0. The van der Waals surface area contributed by atoms with Crippen LogP contribution in [0.3, 0.4) is 0 Å². The van der Waals surface area contributed by atoms with Crippen LogP contribution in [0.5, 0.6) is 0 Å². The zero-order valence-corrected chi connectivity index (χ0v) is 3.76. The monoisotopic (exact) mass is 94.1 g/mol. The van der Waals surface area contributed by atoms with Gasteiger partial charge in [-0.25, -0.2) is 0 Å². The fourth-order valence-electron chi connectivity index (χ4n) is 0.307. The second-order valence-corrected chi connectivity index (χ2v) is 1.08. The van der Waals surface area contributed by atoms with Crippen LogP contribution in [0, 0.1) is 6.20 Å². The molecule has 0 aliphatic carbocycles. The van der Waals surface area contributed by atoms with Crippen LogP contribution in [0.4, 0.5) is 0 Å². The first-order valence-electron chi connectivity index (χ1n) is 2.01. The average Bonchev–Trinajstić information content (AvgIpc) is 1.90. The molecule has 0 unspecified atom stereocenters. The molecule has 1 N–H and O–H groups in total. The van der Waals surface area contributed by atoms with Crippen LogP contribution in [0.2, 0.25) is 0 Å². The van der Waals surface area contributed by atoms with Crippen molar-refractivity contribution in [3.63, 3.8) is 0 Å². The molecule has 35 valence electrons. The highest BCUT2D eigenvalue weighted by Gasteiger charge is 1.69. The number of aliphatic imine (C=N–C) groups is 1. The molecular weight excluding hydrogens is 88.1 g/mol. The van der Waals surface area contributed by atoms with E-state index in [4.69, 9.17) is 0 Å². The molecule has 2 heteroatoms. The highest BCUT2D eigenvalue weighted by atomic mass is 14.8. The van der Waals surface area contributed by atoms with Crippen LogP contribution in [-0.2, 0) is 0 Å². The van der Waals surface area contributed by atoms with Crippen LogP contribution in [0.15, 0.2) is 23.5 Å². The lowest BCUT2D eigenvalue weighted by molar-refractivity contribution is 1.15. The Morgan fingerprint density at radius 2 is 2.71 bits per heavy atom. The smallest absolute Gasteiger partial charge is 0.359 e. The van der Waals surface area contributed by atoms with Gasteiger partial charge >= 0.3 is 1.43 Å². The summed E-state index contributed by atoms with van der Waals surface area (Å²) < 4.78 is 0. The van der Waals surface area contributed by atoms with Crippen LogP contribution in [0.25, 0.3) is 0 Å². The highest BCUT2D eigenvalue weighted by molar-refractivity contribution is 5.71. The number of nitrogens with one attached hydrogen (secondary N) is 1.